The molecule has 2 aromatic carbocycles. The first-order valence-corrected chi connectivity index (χ1v) is 12.3. The minimum atomic E-state index is -0.521. The highest BCUT2D eigenvalue weighted by molar-refractivity contribution is 6.33. The van der Waals surface area contributed by atoms with E-state index >= 15 is 0 Å². The van der Waals surface area contributed by atoms with Crippen LogP contribution in [0.2, 0.25) is 5.02 Å². The zero-order valence-electron chi connectivity index (χ0n) is 21.0. The number of hydrogen-bond donors (Lipinski definition) is 1. The van der Waals surface area contributed by atoms with Crippen molar-refractivity contribution in [2.75, 3.05) is 39.2 Å². The fraction of sp³-hybridized carbons (Fsp3) is 0.385. The van der Waals surface area contributed by atoms with E-state index in [4.69, 9.17) is 30.3 Å². The number of benzene rings is 2. The van der Waals surface area contributed by atoms with Crippen LogP contribution >= 0.6 is 11.6 Å². The van der Waals surface area contributed by atoms with Crippen LogP contribution in [0.4, 0.5) is 5.69 Å². The number of nitrogens with zero attached hydrogens (tertiary/aromatic N) is 3. The SMILES string of the molecule is CCOC(=O)c1cc(NC(=O)C2CCN(Cc3nc(-c4ccc(OC)c(OC)c4)no3)CC2)ccc1Cl. The number of esters is 1. The second-order valence-electron chi connectivity index (χ2n) is 8.54. The molecule has 10 nitrogen and oxygen atoms in total. The molecular formula is C26H29ClN4O6. The van der Waals surface area contributed by atoms with Gasteiger partial charge < -0.3 is 24.1 Å². The van der Waals surface area contributed by atoms with Crippen LogP contribution in [0.3, 0.4) is 0 Å². The number of methoxy groups -OCH3 is 2. The molecule has 2 heterocycles. The number of piperidine rings is 1. The highest BCUT2D eigenvalue weighted by atomic mass is 35.5. The van der Waals surface area contributed by atoms with E-state index in [9.17, 15) is 9.59 Å². The summed E-state index contributed by atoms with van der Waals surface area (Å²) in [5, 5.41) is 7.27. The molecular weight excluding hydrogens is 500 g/mol. The molecule has 1 saturated heterocycles. The maximum absolute atomic E-state index is 12.8. The molecule has 0 unspecified atom stereocenters. The summed E-state index contributed by atoms with van der Waals surface area (Å²) < 4.78 is 21.1. The first kappa shape index (κ1) is 26.4. The maximum Gasteiger partial charge on any atom is 0.339 e. The Bertz CT molecular complexity index is 1260. The van der Waals surface area contributed by atoms with Crippen molar-refractivity contribution in [1.82, 2.24) is 15.0 Å². The van der Waals surface area contributed by atoms with Gasteiger partial charge in [-0.1, -0.05) is 16.8 Å². The zero-order valence-corrected chi connectivity index (χ0v) is 21.7. The Morgan fingerprint density at radius 1 is 1.11 bits per heavy atom. The molecule has 0 atom stereocenters. The Morgan fingerprint density at radius 3 is 2.57 bits per heavy atom. The van der Waals surface area contributed by atoms with Crippen molar-refractivity contribution in [1.29, 1.82) is 0 Å². The smallest absolute Gasteiger partial charge is 0.339 e. The van der Waals surface area contributed by atoms with Crippen LogP contribution in [-0.4, -0.2) is 60.8 Å². The van der Waals surface area contributed by atoms with Gasteiger partial charge in [-0.05, 0) is 69.3 Å². The molecule has 1 amide bonds. The van der Waals surface area contributed by atoms with Crippen molar-refractivity contribution in [3.8, 4) is 22.9 Å². The number of hydrogen-bond acceptors (Lipinski definition) is 9. The van der Waals surface area contributed by atoms with E-state index in [1.807, 2.05) is 6.07 Å². The maximum atomic E-state index is 12.8. The molecule has 37 heavy (non-hydrogen) atoms. The largest absolute Gasteiger partial charge is 0.493 e. The number of halogens is 1. The standard InChI is InChI=1S/C26H29ClN4O6/c1-4-36-26(33)19-14-18(6-7-20(19)27)28-25(32)16-9-11-31(12-10-16)15-23-29-24(30-37-23)17-5-8-21(34-2)22(13-17)35-3/h5-8,13-14,16H,4,9-12,15H2,1-3H3,(H,28,32). The summed E-state index contributed by atoms with van der Waals surface area (Å²) >= 11 is 6.11. The minimum Gasteiger partial charge on any atom is -0.493 e. The molecule has 3 aromatic rings. The van der Waals surface area contributed by atoms with E-state index in [1.54, 1.807) is 51.5 Å². The lowest BCUT2D eigenvalue weighted by atomic mass is 9.95. The molecule has 196 valence electrons. The first-order valence-electron chi connectivity index (χ1n) is 12.0. The average Bonchev–Trinajstić information content (AvgIpc) is 3.38. The van der Waals surface area contributed by atoms with Gasteiger partial charge in [0.2, 0.25) is 17.6 Å². The van der Waals surface area contributed by atoms with Gasteiger partial charge in [-0.25, -0.2) is 4.79 Å². The van der Waals surface area contributed by atoms with Gasteiger partial charge in [0, 0.05) is 17.2 Å². The molecule has 0 aliphatic carbocycles. The van der Waals surface area contributed by atoms with Crippen molar-refractivity contribution in [3.63, 3.8) is 0 Å². The second kappa shape index (κ2) is 12.1. The Balaban J connectivity index is 1.31. The van der Waals surface area contributed by atoms with Gasteiger partial charge in [-0.2, -0.15) is 4.98 Å². The van der Waals surface area contributed by atoms with E-state index in [0.29, 0.717) is 61.4 Å². The molecule has 1 fully saturated rings. The van der Waals surface area contributed by atoms with Gasteiger partial charge in [0.1, 0.15) is 0 Å². The molecule has 0 radical (unpaired) electrons. The zero-order chi connectivity index (χ0) is 26.4. The van der Waals surface area contributed by atoms with E-state index in [2.05, 4.69) is 20.4 Å². The number of amides is 1. The Labute approximate surface area is 219 Å². The highest BCUT2D eigenvalue weighted by Crippen LogP contribution is 2.31. The Morgan fingerprint density at radius 2 is 1.86 bits per heavy atom. The molecule has 1 aromatic heterocycles. The summed E-state index contributed by atoms with van der Waals surface area (Å²) in [6.07, 6.45) is 1.36. The predicted molar refractivity (Wildman–Crippen MR) is 137 cm³/mol. The molecule has 11 heteroatoms. The number of rotatable bonds is 9. The predicted octanol–water partition coefficient (Wildman–Crippen LogP) is 4.43. The van der Waals surface area contributed by atoms with Crippen LogP contribution < -0.4 is 14.8 Å². The third kappa shape index (κ3) is 6.39. The van der Waals surface area contributed by atoms with Crippen LogP contribution in [-0.2, 0) is 16.1 Å². The molecule has 0 bridgehead atoms. The van der Waals surface area contributed by atoms with Crippen molar-refractivity contribution in [2.45, 2.75) is 26.3 Å². The molecule has 0 saturated carbocycles. The number of aromatic nitrogens is 2. The van der Waals surface area contributed by atoms with E-state index in [1.165, 1.54) is 0 Å². The topological polar surface area (TPSA) is 116 Å². The van der Waals surface area contributed by atoms with Crippen molar-refractivity contribution >= 4 is 29.2 Å². The fourth-order valence-electron chi connectivity index (χ4n) is 4.17. The molecule has 1 aliphatic heterocycles. The van der Waals surface area contributed by atoms with Crippen molar-refractivity contribution in [3.05, 3.63) is 52.9 Å². The van der Waals surface area contributed by atoms with Gasteiger partial charge >= 0.3 is 5.97 Å². The van der Waals surface area contributed by atoms with Crippen LogP contribution in [0, 0.1) is 5.92 Å². The summed E-state index contributed by atoms with van der Waals surface area (Å²) in [6, 6.07) is 10.2. The number of anilines is 1. The molecule has 4 rings (SSSR count). The number of likely N-dealkylation sites (tertiary alicyclic amines) is 1. The fourth-order valence-corrected chi connectivity index (χ4v) is 4.36. The lowest BCUT2D eigenvalue weighted by molar-refractivity contribution is -0.121. The van der Waals surface area contributed by atoms with Gasteiger partial charge in [-0.15, -0.1) is 0 Å². The number of nitrogens with one attached hydrogen (secondary N) is 1. The van der Waals surface area contributed by atoms with Crippen molar-refractivity contribution in [2.24, 2.45) is 5.92 Å². The van der Waals surface area contributed by atoms with Gasteiger partial charge in [-0.3, -0.25) is 9.69 Å². The van der Waals surface area contributed by atoms with Crippen LogP contribution in [0.1, 0.15) is 36.0 Å². The van der Waals surface area contributed by atoms with Crippen LogP contribution in [0.15, 0.2) is 40.9 Å². The van der Waals surface area contributed by atoms with Gasteiger partial charge in [0.25, 0.3) is 0 Å². The van der Waals surface area contributed by atoms with E-state index < -0.39 is 5.97 Å². The summed E-state index contributed by atoms with van der Waals surface area (Å²) in [7, 11) is 3.15. The van der Waals surface area contributed by atoms with E-state index in [0.717, 1.165) is 5.56 Å². The third-order valence-electron chi connectivity index (χ3n) is 6.16. The monoisotopic (exact) mass is 528 g/mol. The Kier molecular flexibility index (Phi) is 8.62. The average molecular weight is 529 g/mol. The number of carbonyl (C=O) groups excluding carboxylic acids is 2. The van der Waals surface area contributed by atoms with Crippen LogP contribution in [0.5, 0.6) is 11.5 Å². The quantitative estimate of drug-likeness (QED) is 0.402. The van der Waals surface area contributed by atoms with Gasteiger partial charge in [0.15, 0.2) is 11.5 Å². The lowest BCUT2D eigenvalue weighted by Crippen LogP contribution is -2.37. The van der Waals surface area contributed by atoms with Gasteiger partial charge in [0.05, 0.1) is 38.0 Å². The number of carbonyl (C=O) groups is 2. The van der Waals surface area contributed by atoms with E-state index in [-0.39, 0.29) is 29.0 Å². The minimum absolute atomic E-state index is 0.0923. The number of ether oxygens (including phenoxy) is 3. The second-order valence-corrected chi connectivity index (χ2v) is 8.94. The summed E-state index contributed by atoms with van der Waals surface area (Å²) in [5.74, 6) is 1.41. The van der Waals surface area contributed by atoms with Crippen LogP contribution in [0.25, 0.3) is 11.4 Å². The highest BCUT2D eigenvalue weighted by Gasteiger charge is 2.26. The van der Waals surface area contributed by atoms with Crippen molar-refractivity contribution < 1.29 is 28.3 Å². The first-order chi connectivity index (χ1) is 17.9. The third-order valence-corrected chi connectivity index (χ3v) is 6.49. The summed E-state index contributed by atoms with van der Waals surface area (Å²) in [6.45, 7) is 3.88. The normalized spacial score (nSPS) is 14.3. The Hall–Kier alpha value is -3.63. The molecule has 1 aliphatic rings. The lowest BCUT2D eigenvalue weighted by Gasteiger charge is -2.30. The summed E-state index contributed by atoms with van der Waals surface area (Å²) in [4.78, 5) is 31.6. The molecule has 0 spiro atoms. The summed E-state index contributed by atoms with van der Waals surface area (Å²) in [5.41, 5.74) is 1.49. The molecule has 1 N–H and O–H groups in total.